The average Bonchev–Trinajstić information content (AvgIpc) is 2.77. The smallest absolute Gasteiger partial charge is 0.303 e. The highest BCUT2D eigenvalue weighted by atomic mass is 19.4. The minimum atomic E-state index is -4.24. The van der Waals surface area contributed by atoms with Gasteiger partial charge in [-0.3, -0.25) is 4.79 Å². The van der Waals surface area contributed by atoms with Crippen LogP contribution in [0.2, 0.25) is 0 Å². The van der Waals surface area contributed by atoms with E-state index in [2.05, 4.69) is 10.4 Å². The van der Waals surface area contributed by atoms with Crippen LogP contribution in [0.4, 0.5) is 19.0 Å². The van der Waals surface area contributed by atoms with E-state index < -0.39 is 12.7 Å². The first kappa shape index (κ1) is 16.5. The molecule has 0 bridgehead atoms. The largest absolute Gasteiger partial charge is 0.401 e. The number of alkyl halides is 3. The van der Waals surface area contributed by atoms with E-state index in [4.69, 9.17) is 0 Å². The number of anilines is 1. The fourth-order valence-electron chi connectivity index (χ4n) is 1.69. The van der Waals surface area contributed by atoms with Gasteiger partial charge in [-0.2, -0.15) is 18.3 Å². The summed E-state index contributed by atoms with van der Waals surface area (Å²) in [5.74, 6) is 0.581. The maximum Gasteiger partial charge on any atom is 0.401 e. The molecule has 1 rings (SSSR count). The van der Waals surface area contributed by atoms with Crippen LogP contribution >= 0.6 is 0 Å². The van der Waals surface area contributed by atoms with E-state index >= 15 is 0 Å². The molecule has 0 fully saturated rings. The molecule has 0 unspecified atom stereocenters. The van der Waals surface area contributed by atoms with Gasteiger partial charge in [0.2, 0.25) is 6.41 Å². The Morgan fingerprint density at radius 1 is 1.50 bits per heavy atom. The monoisotopic (exact) mass is 292 g/mol. The molecule has 5 nitrogen and oxygen atoms in total. The van der Waals surface area contributed by atoms with Gasteiger partial charge >= 0.3 is 6.18 Å². The van der Waals surface area contributed by atoms with Crippen molar-refractivity contribution in [2.24, 2.45) is 0 Å². The van der Waals surface area contributed by atoms with Crippen LogP contribution in [0.1, 0.15) is 25.5 Å². The van der Waals surface area contributed by atoms with Crippen LogP contribution in [-0.2, 0) is 17.9 Å². The van der Waals surface area contributed by atoms with Gasteiger partial charge in [0.15, 0.2) is 0 Å². The normalized spacial score (nSPS) is 11.7. The number of nitrogens with zero attached hydrogens (tertiary/aromatic N) is 3. The van der Waals surface area contributed by atoms with E-state index in [0.29, 0.717) is 24.5 Å². The van der Waals surface area contributed by atoms with E-state index in [1.54, 1.807) is 17.8 Å². The number of amides is 1. The average molecular weight is 292 g/mol. The van der Waals surface area contributed by atoms with Gasteiger partial charge < -0.3 is 10.2 Å². The van der Waals surface area contributed by atoms with E-state index in [9.17, 15) is 18.0 Å². The lowest BCUT2D eigenvalue weighted by Crippen LogP contribution is -2.28. The SMILES string of the molecule is CCCCn1nc(CNCC(F)(F)F)cc1N(C)C=O. The molecule has 0 aromatic carbocycles. The number of halogens is 3. The first-order valence-corrected chi connectivity index (χ1v) is 6.39. The fourth-order valence-corrected chi connectivity index (χ4v) is 1.69. The summed E-state index contributed by atoms with van der Waals surface area (Å²) in [6.07, 6.45) is -1.75. The van der Waals surface area contributed by atoms with Crippen molar-refractivity contribution >= 4 is 12.2 Å². The molecule has 1 amide bonds. The van der Waals surface area contributed by atoms with Crippen LogP contribution in [0.15, 0.2) is 6.07 Å². The van der Waals surface area contributed by atoms with Crippen LogP contribution in [0, 0.1) is 0 Å². The standard InChI is InChI=1S/C12H19F3N4O/c1-3-4-5-19-11(18(2)9-20)6-10(17-19)7-16-8-12(13,14)15/h6,9,16H,3-5,7-8H2,1-2H3. The Hall–Kier alpha value is -1.57. The molecule has 1 aromatic heterocycles. The number of rotatable bonds is 8. The Morgan fingerprint density at radius 3 is 2.75 bits per heavy atom. The highest BCUT2D eigenvalue weighted by Gasteiger charge is 2.26. The second kappa shape index (κ2) is 7.28. The number of aromatic nitrogens is 2. The third kappa shape index (κ3) is 5.20. The summed E-state index contributed by atoms with van der Waals surface area (Å²) in [6, 6.07) is 1.62. The Bertz CT molecular complexity index is 431. The second-order valence-electron chi connectivity index (χ2n) is 4.51. The number of hydrogen-bond donors (Lipinski definition) is 1. The van der Waals surface area contributed by atoms with Crippen molar-refractivity contribution in [1.29, 1.82) is 0 Å². The molecule has 114 valence electrons. The van der Waals surface area contributed by atoms with E-state index in [1.165, 1.54) is 4.90 Å². The van der Waals surface area contributed by atoms with Gasteiger partial charge in [0, 0.05) is 26.2 Å². The lowest BCUT2D eigenvalue weighted by atomic mass is 10.3. The van der Waals surface area contributed by atoms with E-state index in [0.717, 1.165) is 12.8 Å². The van der Waals surface area contributed by atoms with Crippen molar-refractivity contribution in [2.45, 2.75) is 39.0 Å². The third-order valence-electron chi connectivity index (χ3n) is 2.68. The molecule has 0 atom stereocenters. The zero-order valence-electron chi connectivity index (χ0n) is 11.6. The molecule has 0 saturated heterocycles. The van der Waals surface area contributed by atoms with Gasteiger partial charge in [0.1, 0.15) is 5.82 Å². The highest BCUT2D eigenvalue weighted by molar-refractivity contribution is 5.72. The summed E-state index contributed by atoms with van der Waals surface area (Å²) in [7, 11) is 1.58. The number of carbonyl (C=O) groups excluding carboxylic acids is 1. The minimum absolute atomic E-state index is 0.0122. The van der Waals surface area contributed by atoms with Crippen LogP contribution in [0.25, 0.3) is 0 Å². The van der Waals surface area contributed by atoms with E-state index in [-0.39, 0.29) is 6.54 Å². The second-order valence-corrected chi connectivity index (χ2v) is 4.51. The van der Waals surface area contributed by atoms with Gasteiger partial charge in [-0.15, -0.1) is 0 Å². The van der Waals surface area contributed by atoms with Gasteiger partial charge in [-0.25, -0.2) is 4.68 Å². The lowest BCUT2D eigenvalue weighted by Gasteiger charge is -2.12. The highest BCUT2D eigenvalue weighted by Crippen LogP contribution is 2.16. The molecule has 0 aliphatic carbocycles. The van der Waals surface area contributed by atoms with Crippen molar-refractivity contribution in [1.82, 2.24) is 15.1 Å². The fraction of sp³-hybridized carbons (Fsp3) is 0.667. The van der Waals surface area contributed by atoms with Gasteiger partial charge in [-0.05, 0) is 6.42 Å². The lowest BCUT2D eigenvalue weighted by molar-refractivity contribution is -0.125. The maximum absolute atomic E-state index is 12.0. The Balaban J connectivity index is 2.72. The van der Waals surface area contributed by atoms with Gasteiger partial charge in [0.05, 0.1) is 12.2 Å². The zero-order valence-corrected chi connectivity index (χ0v) is 11.6. The molecule has 0 aliphatic rings. The van der Waals surface area contributed by atoms with Crippen molar-refractivity contribution in [3.63, 3.8) is 0 Å². The molecule has 20 heavy (non-hydrogen) atoms. The molecule has 0 aliphatic heterocycles. The first-order chi connectivity index (χ1) is 9.37. The van der Waals surface area contributed by atoms with Crippen LogP contribution in [-0.4, -0.2) is 36.0 Å². The van der Waals surface area contributed by atoms with Crippen LogP contribution < -0.4 is 10.2 Å². The molecule has 1 N–H and O–H groups in total. The molecule has 1 aromatic rings. The van der Waals surface area contributed by atoms with Crippen LogP contribution in [0.3, 0.4) is 0 Å². The Kier molecular flexibility index (Phi) is 6.00. The van der Waals surface area contributed by atoms with Crippen molar-refractivity contribution in [3.8, 4) is 0 Å². The molecular formula is C12H19F3N4O. The number of unbranched alkanes of at least 4 members (excludes halogenated alkanes) is 1. The summed E-state index contributed by atoms with van der Waals surface area (Å²) < 4.78 is 37.8. The predicted octanol–water partition coefficient (Wildman–Crippen LogP) is 1.93. The van der Waals surface area contributed by atoms with Crippen LogP contribution in [0.5, 0.6) is 0 Å². The molecule has 0 radical (unpaired) electrons. The molecule has 0 spiro atoms. The summed E-state index contributed by atoms with van der Waals surface area (Å²) in [5, 5.41) is 6.51. The molecule has 1 heterocycles. The Labute approximate surface area is 115 Å². The third-order valence-corrected chi connectivity index (χ3v) is 2.68. The van der Waals surface area contributed by atoms with Crippen molar-refractivity contribution < 1.29 is 18.0 Å². The number of aryl methyl sites for hydroxylation is 1. The van der Waals surface area contributed by atoms with Crippen molar-refractivity contribution in [2.75, 3.05) is 18.5 Å². The minimum Gasteiger partial charge on any atom is -0.303 e. The topological polar surface area (TPSA) is 50.2 Å². The zero-order chi connectivity index (χ0) is 15.2. The molecular weight excluding hydrogens is 273 g/mol. The first-order valence-electron chi connectivity index (χ1n) is 6.39. The maximum atomic E-state index is 12.0. The van der Waals surface area contributed by atoms with Crippen molar-refractivity contribution in [3.05, 3.63) is 11.8 Å². The molecule has 8 heteroatoms. The summed E-state index contributed by atoms with van der Waals surface area (Å²) in [4.78, 5) is 12.2. The number of hydrogen-bond acceptors (Lipinski definition) is 3. The summed E-state index contributed by atoms with van der Waals surface area (Å²) >= 11 is 0. The van der Waals surface area contributed by atoms with E-state index in [1.807, 2.05) is 6.92 Å². The van der Waals surface area contributed by atoms with Gasteiger partial charge in [0.25, 0.3) is 0 Å². The number of carbonyl (C=O) groups is 1. The predicted molar refractivity (Wildman–Crippen MR) is 69.4 cm³/mol. The Morgan fingerprint density at radius 2 is 2.20 bits per heavy atom. The van der Waals surface area contributed by atoms with Gasteiger partial charge in [-0.1, -0.05) is 13.3 Å². The molecule has 0 saturated carbocycles. The summed E-state index contributed by atoms with van der Waals surface area (Å²) in [6.45, 7) is 1.60. The quantitative estimate of drug-likeness (QED) is 0.745. The summed E-state index contributed by atoms with van der Waals surface area (Å²) in [5.41, 5.74) is 0.481. The number of nitrogens with one attached hydrogen (secondary N) is 1.